The zero-order valence-electron chi connectivity index (χ0n) is 13.9. The van der Waals surface area contributed by atoms with Crippen LogP contribution >= 0.6 is 0 Å². The largest absolute Gasteiger partial charge is 0.401 e. The van der Waals surface area contributed by atoms with Crippen LogP contribution in [0.2, 0.25) is 0 Å². The molecule has 1 aromatic carbocycles. The van der Waals surface area contributed by atoms with Gasteiger partial charge in [-0.15, -0.1) is 0 Å². The van der Waals surface area contributed by atoms with Gasteiger partial charge in [-0.1, -0.05) is 18.7 Å². The number of barbiturate groups is 1. The Labute approximate surface area is 140 Å². The summed E-state index contributed by atoms with van der Waals surface area (Å²) in [6.45, 7) is 3.37. The molecule has 0 unspecified atom stereocenters. The quantitative estimate of drug-likeness (QED) is 0.659. The predicted octanol–water partition coefficient (Wildman–Crippen LogP) is 1.03. The Bertz CT molecular complexity index is 735. The number of rotatable bonds is 4. The smallest absolute Gasteiger partial charge is 0.334 e. The molecule has 1 heterocycles. The highest BCUT2D eigenvalue weighted by Crippen LogP contribution is 2.20. The van der Waals surface area contributed by atoms with E-state index in [9.17, 15) is 14.4 Å². The molecule has 7 nitrogen and oxygen atoms in total. The minimum atomic E-state index is -0.711. The summed E-state index contributed by atoms with van der Waals surface area (Å²) in [6.07, 6.45) is 1.47. The molecule has 1 aliphatic rings. The van der Waals surface area contributed by atoms with Crippen LogP contribution in [0.15, 0.2) is 42.1 Å². The zero-order chi connectivity index (χ0) is 18.0. The molecule has 0 saturated carbocycles. The van der Waals surface area contributed by atoms with E-state index < -0.39 is 17.8 Å². The molecule has 0 spiro atoms. The molecule has 126 valence electrons. The SMILES string of the molecule is C=C(N)CN1C(=O)/C(=C/c2ccc(N(C)C)cc2)C(=O)N(C)C1=O. The standard InChI is InChI=1S/C17H20N4O3/c1-11(18)10-21-16(23)14(15(22)20(4)17(21)24)9-12-5-7-13(8-6-12)19(2)3/h5-9H,1,10,18H2,2-4H3/b14-9+. The van der Waals surface area contributed by atoms with E-state index in [0.29, 0.717) is 5.56 Å². The Morgan fingerprint density at radius 3 is 2.25 bits per heavy atom. The number of hydrogen-bond acceptors (Lipinski definition) is 5. The number of urea groups is 1. The van der Waals surface area contributed by atoms with Gasteiger partial charge in [-0.3, -0.25) is 19.4 Å². The van der Waals surface area contributed by atoms with E-state index >= 15 is 0 Å². The number of nitrogens with two attached hydrogens (primary N) is 1. The molecule has 1 aliphatic heterocycles. The number of likely N-dealkylation sites (N-methyl/N-ethyl adjacent to an activating group) is 1. The molecule has 1 aromatic rings. The van der Waals surface area contributed by atoms with Crippen molar-refractivity contribution in [3.63, 3.8) is 0 Å². The number of carbonyl (C=O) groups is 3. The van der Waals surface area contributed by atoms with Gasteiger partial charge < -0.3 is 10.6 Å². The van der Waals surface area contributed by atoms with E-state index in [4.69, 9.17) is 5.73 Å². The van der Waals surface area contributed by atoms with Crippen LogP contribution < -0.4 is 10.6 Å². The van der Waals surface area contributed by atoms with Crippen LogP contribution in [0, 0.1) is 0 Å². The van der Waals surface area contributed by atoms with E-state index in [1.807, 2.05) is 31.1 Å². The molecule has 2 rings (SSSR count). The molecular weight excluding hydrogens is 308 g/mol. The second-order valence-electron chi connectivity index (χ2n) is 5.74. The number of carbonyl (C=O) groups excluding carboxylic acids is 3. The highest BCUT2D eigenvalue weighted by molar-refractivity contribution is 6.30. The second-order valence-corrected chi connectivity index (χ2v) is 5.74. The van der Waals surface area contributed by atoms with Gasteiger partial charge in [0.1, 0.15) is 5.57 Å². The van der Waals surface area contributed by atoms with Crippen LogP contribution in [0.4, 0.5) is 10.5 Å². The van der Waals surface area contributed by atoms with Crippen molar-refractivity contribution in [1.82, 2.24) is 9.80 Å². The summed E-state index contributed by atoms with van der Waals surface area (Å²) in [6, 6.07) is 6.63. The first-order chi connectivity index (χ1) is 11.2. The van der Waals surface area contributed by atoms with Gasteiger partial charge in [0.25, 0.3) is 11.8 Å². The first kappa shape index (κ1) is 17.3. The maximum atomic E-state index is 12.5. The molecule has 0 aromatic heterocycles. The summed E-state index contributed by atoms with van der Waals surface area (Å²) in [4.78, 5) is 40.6. The average Bonchev–Trinajstić information content (AvgIpc) is 2.54. The van der Waals surface area contributed by atoms with E-state index in [0.717, 1.165) is 15.5 Å². The lowest BCUT2D eigenvalue weighted by molar-refractivity contribution is -0.134. The third-order valence-corrected chi connectivity index (χ3v) is 3.61. The Morgan fingerprint density at radius 2 is 1.75 bits per heavy atom. The highest BCUT2D eigenvalue weighted by Gasteiger charge is 2.39. The first-order valence-corrected chi connectivity index (χ1v) is 7.28. The van der Waals surface area contributed by atoms with Crippen molar-refractivity contribution >= 4 is 29.6 Å². The number of nitrogens with zero attached hydrogens (tertiary/aromatic N) is 3. The monoisotopic (exact) mass is 328 g/mol. The Kier molecular flexibility index (Phi) is 4.73. The maximum Gasteiger partial charge on any atom is 0.334 e. The summed E-state index contributed by atoms with van der Waals surface area (Å²) in [7, 11) is 5.16. The van der Waals surface area contributed by atoms with Crippen molar-refractivity contribution in [2.75, 3.05) is 32.6 Å². The number of anilines is 1. The highest BCUT2D eigenvalue weighted by atomic mass is 16.2. The molecule has 0 bridgehead atoms. The molecule has 7 heteroatoms. The lowest BCUT2D eigenvalue weighted by atomic mass is 10.1. The van der Waals surface area contributed by atoms with Crippen molar-refractivity contribution < 1.29 is 14.4 Å². The topological polar surface area (TPSA) is 86.9 Å². The molecule has 0 radical (unpaired) electrons. The zero-order valence-corrected chi connectivity index (χ0v) is 13.9. The van der Waals surface area contributed by atoms with Gasteiger partial charge in [0.15, 0.2) is 0 Å². The van der Waals surface area contributed by atoms with Gasteiger partial charge in [-0.05, 0) is 23.8 Å². The first-order valence-electron chi connectivity index (χ1n) is 7.28. The molecule has 4 amide bonds. The molecule has 0 atom stereocenters. The predicted molar refractivity (Wildman–Crippen MR) is 92.0 cm³/mol. The molecule has 2 N–H and O–H groups in total. The fraction of sp³-hybridized carbons (Fsp3) is 0.235. The van der Waals surface area contributed by atoms with Crippen LogP contribution in [0.25, 0.3) is 6.08 Å². The number of imide groups is 2. The molecule has 0 aliphatic carbocycles. The van der Waals surface area contributed by atoms with Crippen molar-refractivity contribution in [3.8, 4) is 0 Å². The van der Waals surface area contributed by atoms with Crippen LogP contribution in [0.3, 0.4) is 0 Å². The van der Waals surface area contributed by atoms with Crippen molar-refractivity contribution in [2.24, 2.45) is 5.73 Å². The van der Waals surface area contributed by atoms with E-state index in [-0.39, 0.29) is 17.8 Å². The Hall–Kier alpha value is -3.09. The average molecular weight is 328 g/mol. The van der Waals surface area contributed by atoms with Gasteiger partial charge >= 0.3 is 6.03 Å². The van der Waals surface area contributed by atoms with Gasteiger partial charge in [-0.2, -0.15) is 0 Å². The van der Waals surface area contributed by atoms with Crippen LogP contribution in [-0.4, -0.2) is 55.3 Å². The van der Waals surface area contributed by atoms with Crippen molar-refractivity contribution in [2.45, 2.75) is 0 Å². The molecule has 24 heavy (non-hydrogen) atoms. The Balaban J connectivity index is 2.38. The van der Waals surface area contributed by atoms with Gasteiger partial charge in [0.2, 0.25) is 0 Å². The normalized spacial score (nSPS) is 16.8. The lowest BCUT2D eigenvalue weighted by Crippen LogP contribution is -2.55. The summed E-state index contributed by atoms with van der Waals surface area (Å²) >= 11 is 0. The number of hydrogen-bond donors (Lipinski definition) is 1. The van der Waals surface area contributed by atoms with E-state index in [1.54, 1.807) is 12.1 Å². The lowest BCUT2D eigenvalue weighted by Gasteiger charge is -2.31. The van der Waals surface area contributed by atoms with Gasteiger partial charge in [0.05, 0.1) is 6.54 Å². The molecule has 1 saturated heterocycles. The number of amides is 4. The van der Waals surface area contributed by atoms with Gasteiger partial charge in [-0.25, -0.2) is 4.79 Å². The fourth-order valence-corrected chi connectivity index (χ4v) is 2.27. The molecule has 1 fully saturated rings. The van der Waals surface area contributed by atoms with Gasteiger partial charge in [0, 0.05) is 32.5 Å². The summed E-state index contributed by atoms with van der Waals surface area (Å²) in [5.41, 5.74) is 7.26. The van der Waals surface area contributed by atoms with E-state index in [2.05, 4.69) is 6.58 Å². The van der Waals surface area contributed by atoms with Crippen molar-refractivity contribution in [3.05, 3.63) is 47.7 Å². The summed E-state index contributed by atoms with van der Waals surface area (Å²) < 4.78 is 0. The third-order valence-electron chi connectivity index (χ3n) is 3.61. The van der Waals surface area contributed by atoms with Crippen molar-refractivity contribution in [1.29, 1.82) is 0 Å². The Morgan fingerprint density at radius 1 is 1.17 bits per heavy atom. The fourth-order valence-electron chi connectivity index (χ4n) is 2.27. The van der Waals surface area contributed by atoms with Crippen LogP contribution in [0.5, 0.6) is 0 Å². The summed E-state index contributed by atoms with van der Waals surface area (Å²) in [5, 5.41) is 0. The third kappa shape index (κ3) is 3.29. The maximum absolute atomic E-state index is 12.5. The number of benzene rings is 1. The molecular formula is C17H20N4O3. The second kappa shape index (κ2) is 6.57. The van der Waals surface area contributed by atoms with Crippen LogP contribution in [0.1, 0.15) is 5.56 Å². The van der Waals surface area contributed by atoms with E-state index in [1.165, 1.54) is 13.1 Å². The van der Waals surface area contributed by atoms with Crippen LogP contribution in [-0.2, 0) is 9.59 Å². The minimum Gasteiger partial charge on any atom is -0.401 e. The summed E-state index contributed by atoms with van der Waals surface area (Å²) in [5.74, 6) is -1.31. The minimum absolute atomic E-state index is 0.0871.